The summed E-state index contributed by atoms with van der Waals surface area (Å²) in [6.07, 6.45) is 4.30. The molecule has 8 heteroatoms. The van der Waals surface area contributed by atoms with Crippen molar-refractivity contribution in [1.82, 2.24) is 4.90 Å². The first-order valence-electron chi connectivity index (χ1n) is 4.94. The molecule has 0 spiro atoms. The van der Waals surface area contributed by atoms with Gasteiger partial charge in [-0.15, -0.1) is 0 Å². The lowest BCUT2D eigenvalue weighted by Gasteiger charge is -2.24. The van der Waals surface area contributed by atoms with E-state index in [9.17, 15) is 13.2 Å². The van der Waals surface area contributed by atoms with E-state index in [4.69, 9.17) is 13.0 Å². The minimum Gasteiger partial charge on any atom is -0.304 e. The number of hydrogen-bond acceptors (Lipinski definition) is 3. The molecular formula is C8H16F3NO3S. The Morgan fingerprint density at radius 2 is 1.56 bits per heavy atom. The lowest BCUT2D eigenvalue weighted by molar-refractivity contribution is -0.0510. The third kappa shape index (κ3) is 6.29. The lowest BCUT2D eigenvalue weighted by Crippen LogP contribution is -2.29. The van der Waals surface area contributed by atoms with Crippen LogP contribution in [0.15, 0.2) is 0 Å². The molecule has 0 amide bonds. The molecule has 0 unspecified atom stereocenters. The molecule has 1 fully saturated rings. The van der Waals surface area contributed by atoms with Gasteiger partial charge in [-0.2, -0.15) is 21.6 Å². The van der Waals surface area contributed by atoms with Crippen molar-refractivity contribution in [2.45, 2.75) is 31.7 Å². The molecule has 4 nitrogen and oxygen atoms in total. The van der Waals surface area contributed by atoms with E-state index in [-0.39, 0.29) is 0 Å². The molecule has 0 radical (unpaired) electrons. The monoisotopic (exact) mass is 263 g/mol. The Bertz CT molecular complexity index is 283. The van der Waals surface area contributed by atoms with Crippen LogP contribution >= 0.6 is 0 Å². The third-order valence-corrected chi connectivity index (χ3v) is 2.77. The second-order valence-electron chi connectivity index (χ2n) is 3.42. The molecule has 0 atom stereocenters. The molecule has 0 aliphatic carbocycles. The van der Waals surface area contributed by atoms with Crippen LogP contribution in [0.4, 0.5) is 13.2 Å². The van der Waals surface area contributed by atoms with Crippen LogP contribution in [0.2, 0.25) is 0 Å². The number of piperidine rings is 1. The Balaban J connectivity index is 0.000000281. The van der Waals surface area contributed by atoms with Gasteiger partial charge in [-0.25, -0.2) is 0 Å². The summed E-state index contributed by atoms with van der Waals surface area (Å²) < 4.78 is 57.5. The molecule has 1 aliphatic heterocycles. The van der Waals surface area contributed by atoms with Crippen LogP contribution < -0.4 is 0 Å². The summed E-state index contributed by atoms with van der Waals surface area (Å²) in [6, 6.07) is 0. The largest absolute Gasteiger partial charge is 0.522 e. The van der Waals surface area contributed by atoms with Gasteiger partial charge < -0.3 is 4.90 Å². The highest BCUT2D eigenvalue weighted by Crippen LogP contribution is 2.20. The summed E-state index contributed by atoms with van der Waals surface area (Å²) in [7, 11) is -5.84. The smallest absolute Gasteiger partial charge is 0.304 e. The molecule has 16 heavy (non-hydrogen) atoms. The van der Waals surface area contributed by atoms with Gasteiger partial charge in [-0.1, -0.05) is 13.3 Å². The summed E-state index contributed by atoms with van der Waals surface area (Å²) in [5, 5.41) is 0. The first kappa shape index (κ1) is 15.7. The Morgan fingerprint density at radius 1 is 1.19 bits per heavy atom. The first-order valence-corrected chi connectivity index (χ1v) is 6.38. The van der Waals surface area contributed by atoms with Gasteiger partial charge in [0, 0.05) is 0 Å². The Kier molecular flexibility index (Phi) is 6.27. The van der Waals surface area contributed by atoms with Crippen molar-refractivity contribution in [3.8, 4) is 0 Å². The first-order chi connectivity index (χ1) is 7.18. The summed E-state index contributed by atoms with van der Waals surface area (Å²) in [5.74, 6) is 0. The molecule has 1 aliphatic rings. The second kappa shape index (κ2) is 6.41. The van der Waals surface area contributed by atoms with E-state index in [2.05, 4.69) is 11.8 Å². The van der Waals surface area contributed by atoms with Crippen molar-refractivity contribution >= 4 is 10.1 Å². The predicted octanol–water partition coefficient (Wildman–Crippen LogP) is 1.89. The fraction of sp³-hybridized carbons (Fsp3) is 1.00. The van der Waals surface area contributed by atoms with Crippen LogP contribution in [-0.4, -0.2) is 43.0 Å². The van der Waals surface area contributed by atoms with Crippen LogP contribution in [0.1, 0.15) is 26.2 Å². The molecule has 1 heterocycles. The average Bonchev–Trinajstić information content (AvgIpc) is 2.17. The van der Waals surface area contributed by atoms with Gasteiger partial charge in [0.05, 0.1) is 0 Å². The number of halogens is 3. The van der Waals surface area contributed by atoms with Crippen LogP contribution in [0.25, 0.3) is 0 Å². The average molecular weight is 263 g/mol. The van der Waals surface area contributed by atoms with E-state index in [1.54, 1.807) is 0 Å². The maximum Gasteiger partial charge on any atom is 0.522 e. The maximum atomic E-state index is 10.7. The van der Waals surface area contributed by atoms with E-state index in [1.807, 2.05) is 0 Å². The Labute approximate surface area is 93.2 Å². The number of rotatable bonds is 1. The Morgan fingerprint density at radius 3 is 1.75 bits per heavy atom. The quantitative estimate of drug-likeness (QED) is 0.579. The zero-order chi connectivity index (χ0) is 12.8. The number of alkyl halides is 3. The van der Waals surface area contributed by atoms with Gasteiger partial charge in [0.2, 0.25) is 0 Å². The van der Waals surface area contributed by atoms with E-state index >= 15 is 0 Å². The van der Waals surface area contributed by atoms with E-state index in [1.165, 1.54) is 38.9 Å². The van der Waals surface area contributed by atoms with Crippen molar-refractivity contribution in [2.75, 3.05) is 19.6 Å². The molecule has 1 saturated heterocycles. The molecule has 0 bridgehead atoms. The SMILES string of the molecule is CCN1CCCCC1.O=S(=O)(O)C(F)(F)F. The molecule has 0 aromatic carbocycles. The fourth-order valence-corrected chi connectivity index (χ4v) is 1.28. The fourth-order valence-electron chi connectivity index (χ4n) is 1.28. The summed E-state index contributed by atoms with van der Waals surface area (Å²) in [4.78, 5) is 2.52. The topological polar surface area (TPSA) is 57.6 Å². The minimum absolute atomic E-state index is 1.25. The number of nitrogens with zero attached hydrogens (tertiary/aromatic N) is 1. The maximum absolute atomic E-state index is 10.7. The van der Waals surface area contributed by atoms with Gasteiger partial charge in [0.1, 0.15) is 0 Å². The molecule has 1 rings (SSSR count). The normalized spacial score (nSPS) is 18.8. The van der Waals surface area contributed by atoms with Crippen molar-refractivity contribution in [3.63, 3.8) is 0 Å². The van der Waals surface area contributed by atoms with E-state index < -0.39 is 15.6 Å². The number of likely N-dealkylation sites (tertiary alicyclic amines) is 1. The van der Waals surface area contributed by atoms with Crippen molar-refractivity contribution in [2.24, 2.45) is 0 Å². The summed E-state index contributed by atoms with van der Waals surface area (Å²) >= 11 is 0. The molecule has 0 saturated carbocycles. The molecule has 1 N–H and O–H groups in total. The van der Waals surface area contributed by atoms with Gasteiger partial charge in [-0.3, -0.25) is 4.55 Å². The second-order valence-corrected chi connectivity index (χ2v) is 4.83. The van der Waals surface area contributed by atoms with Crippen molar-refractivity contribution in [1.29, 1.82) is 0 Å². The highest BCUT2D eigenvalue weighted by molar-refractivity contribution is 7.86. The Hall–Kier alpha value is -0.340. The molecule has 0 aromatic rings. The van der Waals surface area contributed by atoms with Crippen LogP contribution in [-0.2, 0) is 10.1 Å². The molecular weight excluding hydrogens is 247 g/mol. The highest BCUT2D eigenvalue weighted by Gasteiger charge is 2.44. The highest BCUT2D eigenvalue weighted by atomic mass is 32.2. The lowest BCUT2D eigenvalue weighted by atomic mass is 10.1. The van der Waals surface area contributed by atoms with Gasteiger partial charge >= 0.3 is 15.6 Å². The van der Waals surface area contributed by atoms with E-state index in [0.717, 1.165) is 0 Å². The van der Waals surface area contributed by atoms with E-state index in [0.29, 0.717) is 0 Å². The number of hydrogen-bond donors (Lipinski definition) is 1. The standard InChI is InChI=1S/C7H15N.CHF3O3S/c1-2-8-6-4-3-5-7-8;2-1(3,4)8(5,6)7/h2-7H2,1H3;(H,5,6,7). The molecule has 0 aromatic heterocycles. The predicted molar refractivity (Wildman–Crippen MR) is 53.6 cm³/mol. The van der Waals surface area contributed by atoms with Gasteiger partial charge in [-0.05, 0) is 32.5 Å². The van der Waals surface area contributed by atoms with Crippen molar-refractivity contribution in [3.05, 3.63) is 0 Å². The van der Waals surface area contributed by atoms with Gasteiger partial charge in [0.25, 0.3) is 0 Å². The van der Waals surface area contributed by atoms with Crippen LogP contribution in [0.5, 0.6) is 0 Å². The van der Waals surface area contributed by atoms with Crippen molar-refractivity contribution < 1.29 is 26.1 Å². The van der Waals surface area contributed by atoms with Crippen LogP contribution in [0.3, 0.4) is 0 Å². The summed E-state index contributed by atoms with van der Waals surface area (Å²) in [6.45, 7) is 6.18. The zero-order valence-corrected chi connectivity index (χ0v) is 9.81. The third-order valence-electron chi connectivity index (χ3n) is 2.19. The minimum atomic E-state index is -5.84. The summed E-state index contributed by atoms with van der Waals surface area (Å²) in [5.41, 5.74) is -5.53. The van der Waals surface area contributed by atoms with Crippen LogP contribution in [0, 0.1) is 0 Å². The molecule has 98 valence electrons. The zero-order valence-electron chi connectivity index (χ0n) is 9.00. The van der Waals surface area contributed by atoms with Gasteiger partial charge in [0.15, 0.2) is 0 Å².